The van der Waals surface area contributed by atoms with Crippen molar-refractivity contribution in [2.45, 2.75) is 50.6 Å². The Bertz CT molecular complexity index is 596. The van der Waals surface area contributed by atoms with Gasteiger partial charge in [0.2, 0.25) is 10.0 Å². The Labute approximate surface area is 139 Å². The summed E-state index contributed by atoms with van der Waals surface area (Å²) in [6.07, 6.45) is 1.85. The zero-order valence-electron chi connectivity index (χ0n) is 13.5. The van der Waals surface area contributed by atoms with E-state index in [1.54, 1.807) is 19.2 Å². The van der Waals surface area contributed by atoms with Gasteiger partial charge in [-0.1, -0.05) is 0 Å². The van der Waals surface area contributed by atoms with Crippen LogP contribution in [-0.2, 0) is 10.0 Å². The molecule has 1 aromatic carbocycles. The van der Waals surface area contributed by atoms with Gasteiger partial charge in [-0.2, -0.15) is 0 Å². The maximum Gasteiger partial charge on any atom is 0.240 e. The number of hydrogen-bond acceptors (Lipinski definition) is 4. The third-order valence-corrected chi connectivity index (χ3v) is 5.49. The predicted molar refractivity (Wildman–Crippen MR) is 90.5 cm³/mol. The summed E-state index contributed by atoms with van der Waals surface area (Å²) in [6.45, 7) is 6.67. The van der Waals surface area contributed by atoms with Crippen LogP contribution in [0.25, 0.3) is 0 Å². The van der Waals surface area contributed by atoms with Gasteiger partial charge in [-0.05, 0) is 63.4 Å². The molecular weight excluding hydrogens is 324 g/mol. The maximum atomic E-state index is 12.6. The zero-order chi connectivity index (χ0) is 15.6. The molecule has 0 amide bonds. The fourth-order valence-corrected chi connectivity index (χ4v) is 4.38. The molecule has 0 aromatic heterocycles. The number of ether oxygens (including phenoxy) is 1. The van der Waals surface area contributed by atoms with Gasteiger partial charge in [0, 0.05) is 12.1 Å². The lowest BCUT2D eigenvalue weighted by Gasteiger charge is -2.30. The number of sulfonamides is 1. The molecule has 1 aromatic rings. The van der Waals surface area contributed by atoms with Crippen LogP contribution in [0.5, 0.6) is 5.75 Å². The van der Waals surface area contributed by atoms with Crippen molar-refractivity contribution >= 4 is 22.4 Å². The number of aryl methyl sites for hydroxylation is 2. The molecule has 0 aliphatic carbocycles. The average molecular weight is 349 g/mol. The Hall–Kier alpha value is -0.820. The summed E-state index contributed by atoms with van der Waals surface area (Å²) in [4.78, 5) is 0.302. The van der Waals surface area contributed by atoms with Crippen LogP contribution in [0.1, 0.15) is 30.9 Å². The third-order valence-electron chi connectivity index (χ3n) is 4.02. The van der Waals surface area contributed by atoms with Crippen LogP contribution < -0.4 is 14.8 Å². The molecule has 1 heterocycles. The van der Waals surface area contributed by atoms with E-state index in [1.807, 2.05) is 20.8 Å². The first-order chi connectivity index (χ1) is 9.85. The topological polar surface area (TPSA) is 67.4 Å². The minimum absolute atomic E-state index is 0. The summed E-state index contributed by atoms with van der Waals surface area (Å²) in [5, 5.41) is 3.30. The summed E-state index contributed by atoms with van der Waals surface area (Å²) < 4.78 is 33.2. The summed E-state index contributed by atoms with van der Waals surface area (Å²) in [5.41, 5.74) is 1.65. The minimum atomic E-state index is -3.51. The second-order valence-corrected chi connectivity index (χ2v) is 7.42. The van der Waals surface area contributed by atoms with E-state index in [-0.39, 0.29) is 24.5 Å². The summed E-state index contributed by atoms with van der Waals surface area (Å²) >= 11 is 0. The van der Waals surface area contributed by atoms with Gasteiger partial charge in [0.1, 0.15) is 5.75 Å². The molecule has 2 unspecified atom stereocenters. The molecule has 126 valence electrons. The number of rotatable bonds is 4. The Morgan fingerprint density at radius 2 is 1.86 bits per heavy atom. The van der Waals surface area contributed by atoms with Crippen molar-refractivity contribution in [3.8, 4) is 5.75 Å². The van der Waals surface area contributed by atoms with Crippen molar-refractivity contribution in [2.75, 3.05) is 13.7 Å². The van der Waals surface area contributed by atoms with Gasteiger partial charge in [-0.25, -0.2) is 13.1 Å². The average Bonchev–Trinajstić information content (AvgIpc) is 2.41. The minimum Gasteiger partial charge on any atom is -0.496 e. The van der Waals surface area contributed by atoms with Crippen LogP contribution in [-0.4, -0.2) is 34.2 Å². The van der Waals surface area contributed by atoms with Gasteiger partial charge < -0.3 is 10.1 Å². The van der Waals surface area contributed by atoms with Gasteiger partial charge in [0.15, 0.2) is 0 Å². The lowest BCUT2D eigenvalue weighted by atomic mass is 10.0. The first-order valence-corrected chi connectivity index (χ1v) is 8.74. The highest BCUT2D eigenvalue weighted by Gasteiger charge is 2.27. The van der Waals surface area contributed by atoms with Gasteiger partial charge in [-0.15, -0.1) is 12.4 Å². The Balaban J connectivity index is 0.00000242. The first kappa shape index (κ1) is 19.2. The van der Waals surface area contributed by atoms with Crippen molar-refractivity contribution in [1.82, 2.24) is 10.0 Å². The Morgan fingerprint density at radius 3 is 2.36 bits per heavy atom. The normalized spacial score (nSPS) is 22.0. The van der Waals surface area contributed by atoms with E-state index in [2.05, 4.69) is 10.0 Å². The largest absolute Gasteiger partial charge is 0.496 e. The second-order valence-electron chi connectivity index (χ2n) is 5.70. The number of piperidine rings is 1. The quantitative estimate of drug-likeness (QED) is 0.875. The van der Waals surface area contributed by atoms with E-state index in [0.29, 0.717) is 4.90 Å². The maximum absolute atomic E-state index is 12.6. The van der Waals surface area contributed by atoms with E-state index in [9.17, 15) is 8.42 Å². The molecule has 7 heteroatoms. The fourth-order valence-electron chi connectivity index (χ4n) is 2.86. The molecule has 2 rings (SSSR count). The van der Waals surface area contributed by atoms with Crippen molar-refractivity contribution in [2.24, 2.45) is 0 Å². The van der Waals surface area contributed by atoms with E-state index < -0.39 is 10.0 Å². The lowest BCUT2D eigenvalue weighted by molar-refractivity contribution is 0.348. The SMILES string of the molecule is COc1c(C)cc(S(=O)(=O)NC2CCCNC2C)cc1C.Cl. The number of methoxy groups -OCH3 is 1. The van der Waals surface area contributed by atoms with Gasteiger partial charge >= 0.3 is 0 Å². The van der Waals surface area contributed by atoms with Crippen LogP contribution in [0.15, 0.2) is 17.0 Å². The van der Waals surface area contributed by atoms with Crippen LogP contribution >= 0.6 is 12.4 Å². The van der Waals surface area contributed by atoms with Crippen molar-refractivity contribution in [3.63, 3.8) is 0 Å². The highest BCUT2D eigenvalue weighted by molar-refractivity contribution is 7.89. The second kappa shape index (κ2) is 7.64. The van der Waals surface area contributed by atoms with Gasteiger partial charge in [0.25, 0.3) is 0 Å². The molecule has 5 nitrogen and oxygen atoms in total. The molecule has 0 spiro atoms. The van der Waals surface area contributed by atoms with Crippen LogP contribution in [0.3, 0.4) is 0 Å². The molecular formula is C15H25ClN2O3S. The van der Waals surface area contributed by atoms with E-state index in [4.69, 9.17) is 4.74 Å². The molecule has 2 atom stereocenters. The smallest absolute Gasteiger partial charge is 0.240 e. The van der Waals surface area contributed by atoms with Gasteiger partial charge in [-0.3, -0.25) is 0 Å². The summed E-state index contributed by atoms with van der Waals surface area (Å²) in [5.74, 6) is 0.738. The molecule has 0 bridgehead atoms. The molecule has 1 aliphatic rings. The van der Waals surface area contributed by atoms with Crippen LogP contribution in [0, 0.1) is 13.8 Å². The number of benzene rings is 1. The van der Waals surface area contributed by atoms with Crippen molar-refractivity contribution in [3.05, 3.63) is 23.3 Å². The third kappa shape index (κ3) is 4.13. The highest BCUT2D eigenvalue weighted by atomic mass is 35.5. The van der Waals surface area contributed by atoms with Crippen LogP contribution in [0.4, 0.5) is 0 Å². The van der Waals surface area contributed by atoms with E-state index >= 15 is 0 Å². The predicted octanol–water partition coefficient (Wildman–Crippen LogP) is 2.15. The number of hydrogen-bond donors (Lipinski definition) is 2. The molecule has 0 radical (unpaired) electrons. The molecule has 1 saturated heterocycles. The standard InChI is InChI=1S/C15H24N2O3S.ClH/c1-10-8-13(9-11(2)15(10)20-4)21(18,19)17-14-6-5-7-16-12(14)3;/h8-9,12,14,16-17H,5-7H2,1-4H3;1H. The molecule has 0 saturated carbocycles. The number of nitrogens with one attached hydrogen (secondary N) is 2. The highest BCUT2D eigenvalue weighted by Crippen LogP contribution is 2.26. The molecule has 2 N–H and O–H groups in total. The lowest BCUT2D eigenvalue weighted by Crippen LogP contribution is -2.51. The van der Waals surface area contributed by atoms with Crippen LogP contribution in [0.2, 0.25) is 0 Å². The Kier molecular flexibility index (Phi) is 6.67. The first-order valence-electron chi connectivity index (χ1n) is 7.26. The zero-order valence-corrected chi connectivity index (χ0v) is 15.1. The Morgan fingerprint density at radius 1 is 1.27 bits per heavy atom. The summed E-state index contributed by atoms with van der Waals surface area (Å²) in [7, 11) is -1.91. The number of halogens is 1. The van der Waals surface area contributed by atoms with Crippen molar-refractivity contribution in [1.29, 1.82) is 0 Å². The van der Waals surface area contributed by atoms with Crippen molar-refractivity contribution < 1.29 is 13.2 Å². The van der Waals surface area contributed by atoms with Gasteiger partial charge in [0.05, 0.1) is 12.0 Å². The summed E-state index contributed by atoms with van der Waals surface area (Å²) in [6, 6.07) is 3.41. The molecule has 22 heavy (non-hydrogen) atoms. The van der Waals surface area contributed by atoms with E-state index in [1.165, 1.54) is 0 Å². The monoisotopic (exact) mass is 348 g/mol. The van der Waals surface area contributed by atoms with E-state index in [0.717, 1.165) is 36.3 Å². The fraction of sp³-hybridized carbons (Fsp3) is 0.600. The molecule has 1 aliphatic heterocycles. The molecule has 1 fully saturated rings.